The Morgan fingerprint density at radius 2 is 1.67 bits per heavy atom. The fourth-order valence-electron chi connectivity index (χ4n) is 1.98. The minimum Gasteiger partial charge on any atom is -0.386 e. The van der Waals surface area contributed by atoms with Crippen LogP contribution in [0, 0.1) is 0 Å². The zero-order chi connectivity index (χ0) is 9.03. The maximum absolute atomic E-state index is 10.3. The Hall–Kier alpha value is -0.300. The summed E-state index contributed by atoms with van der Waals surface area (Å²) in [7, 11) is 0. The molecular weight excluding hydrogens is 148 g/mol. The van der Waals surface area contributed by atoms with Crippen molar-refractivity contribution >= 4 is 0 Å². The van der Waals surface area contributed by atoms with Gasteiger partial charge in [0.25, 0.3) is 0 Å². The van der Waals surface area contributed by atoms with Gasteiger partial charge in [-0.25, -0.2) is 0 Å². The van der Waals surface area contributed by atoms with Crippen LogP contribution in [0.25, 0.3) is 0 Å². The largest absolute Gasteiger partial charge is 0.386 e. The number of rotatable bonds is 1. The minimum atomic E-state index is -0.467. The third-order valence-electron chi connectivity index (χ3n) is 3.10. The molecule has 0 heterocycles. The van der Waals surface area contributed by atoms with Crippen molar-refractivity contribution in [2.75, 3.05) is 0 Å². The van der Waals surface area contributed by atoms with Crippen molar-refractivity contribution < 1.29 is 5.11 Å². The van der Waals surface area contributed by atoms with E-state index in [1.165, 1.54) is 25.7 Å². The molecule has 1 rings (SSSR count). The average molecular weight is 168 g/mol. The standard InChI is InChI=1S/C11H20O/c1-3-10(2)11(12)8-6-4-5-7-9-11/h3,12H,4-9H2,1-2H3/b10-3-. The first-order valence-corrected chi connectivity index (χ1v) is 5.05. The summed E-state index contributed by atoms with van der Waals surface area (Å²) in [6.07, 6.45) is 8.92. The highest BCUT2D eigenvalue weighted by Gasteiger charge is 2.28. The van der Waals surface area contributed by atoms with Crippen molar-refractivity contribution in [1.82, 2.24) is 0 Å². The molecular formula is C11H20O. The van der Waals surface area contributed by atoms with Crippen molar-refractivity contribution in [2.45, 2.75) is 58.0 Å². The van der Waals surface area contributed by atoms with E-state index < -0.39 is 5.60 Å². The summed E-state index contributed by atoms with van der Waals surface area (Å²) in [5.74, 6) is 0. The highest BCUT2D eigenvalue weighted by molar-refractivity contribution is 5.13. The summed E-state index contributed by atoms with van der Waals surface area (Å²) in [6, 6.07) is 0. The van der Waals surface area contributed by atoms with E-state index in [9.17, 15) is 5.11 Å². The number of hydrogen-bond acceptors (Lipinski definition) is 1. The van der Waals surface area contributed by atoms with Gasteiger partial charge in [0.1, 0.15) is 0 Å². The molecule has 1 heteroatoms. The molecule has 0 amide bonds. The van der Waals surface area contributed by atoms with Crippen molar-refractivity contribution in [2.24, 2.45) is 0 Å². The summed E-state index contributed by atoms with van der Waals surface area (Å²) in [6.45, 7) is 4.06. The number of hydrogen-bond donors (Lipinski definition) is 1. The molecule has 70 valence electrons. The number of allylic oxidation sites excluding steroid dienone is 1. The maximum atomic E-state index is 10.3. The lowest BCUT2D eigenvalue weighted by Crippen LogP contribution is -2.28. The van der Waals surface area contributed by atoms with E-state index in [4.69, 9.17) is 0 Å². The molecule has 0 unspecified atom stereocenters. The first-order valence-electron chi connectivity index (χ1n) is 5.05. The molecule has 12 heavy (non-hydrogen) atoms. The zero-order valence-corrected chi connectivity index (χ0v) is 8.27. The molecule has 1 nitrogen and oxygen atoms in total. The third-order valence-corrected chi connectivity index (χ3v) is 3.10. The Morgan fingerprint density at radius 3 is 2.08 bits per heavy atom. The first kappa shape index (κ1) is 9.79. The topological polar surface area (TPSA) is 20.2 Å². The van der Waals surface area contributed by atoms with Gasteiger partial charge in [-0.2, -0.15) is 0 Å². The van der Waals surface area contributed by atoms with Gasteiger partial charge < -0.3 is 5.11 Å². The van der Waals surface area contributed by atoms with Crippen LogP contribution in [-0.4, -0.2) is 10.7 Å². The van der Waals surface area contributed by atoms with Crippen LogP contribution in [0.1, 0.15) is 52.4 Å². The van der Waals surface area contributed by atoms with Crippen LogP contribution < -0.4 is 0 Å². The van der Waals surface area contributed by atoms with E-state index in [0.29, 0.717) is 0 Å². The molecule has 1 saturated carbocycles. The fraction of sp³-hybridized carbons (Fsp3) is 0.818. The van der Waals surface area contributed by atoms with E-state index in [1.807, 2.05) is 19.9 Å². The molecule has 0 saturated heterocycles. The SMILES string of the molecule is C/C=C(/C)C1(O)CCCCCC1. The molecule has 0 radical (unpaired) electrons. The monoisotopic (exact) mass is 168 g/mol. The molecule has 1 aliphatic rings. The molecule has 0 aliphatic heterocycles. The lowest BCUT2D eigenvalue weighted by molar-refractivity contribution is 0.0621. The molecule has 0 aromatic rings. The quantitative estimate of drug-likeness (QED) is 0.471. The van der Waals surface area contributed by atoms with E-state index in [1.54, 1.807) is 0 Å². The molecule has 0 spiro atoms. The molecule has 0 aromatic heterocycles. The van der Waals surface area contributed by atoms with E-state index in [2.05, 4.69) is 0 Å². The van der Waals surface area contributed by atoms with Crippen molar-refractivity contribution in [1.29, 1.82) is 0 Å². The molecule has 0 aromatic carbocycles. The second-order valence-corrected chi connectivity index (χ2v) is 3.92. The summed E-state index contributed by atoms with van der Waals surface area (Å²) < 4.78 is 0. The fourth-order valence-corrected chi connectivity index (χ4v) is 1.98. The lowest BCUT2D eigenvalue weighted by Gasteiger charge is -2.27. The van der Waals surface area contributed by atoms with Crippen molar-refractivity contribution in [3.8, 4) is 0 Å². The summed E-state index contributed by atoms with van der Waals surface area (Å²) >= 11 is 0. The van der Waals surface area contributed by atoms with Gasteiger partial charge in [0.05, 0.1) is 5.60 Å². The normalized spacial score (nSPS) is 25.1. The van der Waals surface area contributed by atoms with Crippen LogP contribution in [0.5, 0.6) is 0 Å². The minimum absolute atomic E-state index is 0.467. The van der Waals surface area contributed by atoms with Gasteiger partial charge in [-0.05, 0) is 32.3 Å². The van der Waals surface area contributed by atoms with Gasteiger partial charge in [-0.3, -0.25) is 0 Å². The molecule has 1 fully saturated rings. The highest BCUT2D eigenvalue weighted by Crippen LogP contribution is 2.32. The predicted molar refractivity (Wildman–Crippen MR) is 52.1 cm³/mol. The van der Waals surface area contributed by atoms with Gasteiger partial charge >= 0.3 is 0 Å². The summed E-state index contributed by atoms with van der Waals surface area (Å²) in [4.78, 5) is 0. The second kappa shape index (κ2) is 4.08. The Labute approximate surface area is 75.5 Å². The van der Waals surface area contributed by atoms with Crippen LogP contribution in [0.4, 0.5) is 0 Å². The Bertz CT molecular complexity index is 162. The Kier molecular flexibility index (Phi) is 3.33. The number of aliphatic hydroxyl groups is 1. The predicted octanol–water partition coefficient (Wildman–Crippen LogP) is 3.04. The van der Waals surface area contributed by atoms with Gasteiger partial charge in [-0.15, -0.1) is 0 Å². The smallest absolute Gasteiger partial charge is 0.0854 e. The van der Waals surface area contributed by atoms with Crippen LogP contribution >= 0.6 is 0 Å². The first-order chi connectivity index (χ1) is 5.69. The van der Waals surface area contributed by atoms with Gasteiger partial charge in [-0.1, -0.05) is 31.8 Å². The van der Waals surface area contributed by atoms with Crippen LogP contribution in [0.2, 0.25) is 0 Å². The average Bonchev–Trinajstić information content (AvgIpc) is 2.29. The van der Waals surface area contributed by atoms with Crippen LogP contribution in [0.3, 0.4) is 0 Å². The summed E-state index contributed by atoms with van der Waals surface area (Å²) in [5.41, 5.74) is 0.690. The lowest BCUT2D eigenvalue weighted by atomic mass is 9.87. The maximum Gasteiger partial charge on any atom is 0.0854 e. The van der Waals surface area contributed by atoms with Crippen molar-refractivity contribution in [3.63, 3.8) is 0 Å². The Balaban J connectivity index is 2.66. The van der Waals surface area contributed by atoms with Crippen LogP contribution in [-0.2, 0) is 0 Å². The Morgan fingerprint density at radius 1 is 1.17 bits per heavy atom. The third kappa shape index (κ3) is 2.10. The van der Waals surface area contributed by atoms with Gasteiger partial charge in [0, 0.05) is 0 Å². The van der Waals surface area contributed by atoms with E-state index in [-0.39, 0.29) is 0 Å². The van der Waals surface area contributed by atoms with Crippen LogP contribution in [0.15, 0.2) is 11.6 Å². The molecule has 0 atom stereocenters. The van der Waals surface area contributed by atoms with E-state index in [0.717, 1.165) is 18.4 Å². The van der Waals surface area contributed by atoms with Gasteiger partial charge in [0.2, 0.25) is 0 Å². The molecule has 0 bridgehead atoms. The molecule has 1 N–H and O–H groups in total. The zero-order valence-electron chi connectivity index (χ0n) is 8.27. The van der Waals surface area contributed by atoms with Gasteiger partial charge in [0.15, 0.2) is 0 Å². The second-order valence-electron chi connectivity index (χ2n) is 3.92. The van der Waals surface area contributed by atoms with E-state index >= 15 is 0 Å². The summed E-state index contributed by atoms with van der Waals surface area (Å²) in [5, 5.41) is 10.3. The van der Waals surface area contributed by atoms with Crippen molar-refractivity contribution in [3.05, 3.63) is 11.6 Å². The molecule has 1 aliphatic carbocycles. The highest BCUT2D eigenvalue weighted by atomic mass is 16.3.